The molecule has 0 aromatic rings. The van der Waals surface area contributed by atoms with E-state index in [-0.39, 0.29) is 11.7 Å². The first-order chi connectivity index (χ1) is 9.52. The van der Waals surface area contributed by atoms with Crippen molar-refractivity contribution >= 4 is 12.4 Å². The Balaban J connectivity index is 1.54. The zero-order chi connectivity index (χ0) is 14.6. The normalized spacial score (nSPS) is 22.9. The first-order valence-corrected chi connectivity index (χ1v) is 7.55. The molecule has 2 fully saturated rings. The van der Waals surface area contributed by atoms with Crippen molar-refractivity contribution in [2.75, 3.05) is 0 Å². The molecule has 0 aromatic carbocycles. The van der Waals surface area contributed by atoms with Gasteiger partial charge in [0, 0.05) is 0 Å². The van der Waals surface area contributed by atoms with Crippen LogP contribution >= 0.6 is 0 Å². The third-order valence-corrected chi connectivity index (χ3v) is 4.78. The number of carboxylic acids is 1. The molecule has 5 heteroatoms. The van der Waals surface area contributed by atoms with Gasteiger partial charge < -0.3 is 14.9 Å². The van der Waals surface area contributed by atoms with Crippen LogP contribution in [-0.2, 0) is 14.3 Å². The van der Waals surface area contributed by atoms with E-state index in [0.717, 1.165) is 44.9 Å². The van der Waals surface area contributed by atoms with E-state index in [1.165, 1.54) is 0 Å². The summed E-state index contributed by atoms with van der Waals surface area (Å²) in [4.78, 5) is 21.3. The molecule has 0 aliphatic heterocycles. The molecule has 1 unspecified atom stereocenters. The maximum absolute atomic E-state index is 11.0. The van der Waals surface area contributed by atoms with Crippen LogP contribution in [-0.4, -0.2) is 34.4 Å². The number of rotatable bonds is 11. The lowest BCUT2D eigenvalue weighted by Gasteiger charge is -2.15. The van der Waals surface area contributed by atoms with E-state index >= 15 is 0 Å². The average Bonchev–Trinajstić information content (AvgIpc) is 3.27. The number of aliphatic hydroxyl groups is 1. The van der Waals surface area contributed by atoms with Crippen LogP contribution in [0.25, 0.3) is 0 Å². The van der Waals surface area contributed by atoms with E-state index in [9.17, 15) is 14.7 Å². The molecule has 2 N–H and O–H groups in total. The fourth-order valence-corrected chi connectivity index (χ4v) is 2.87. The fourth-order valence-electron chi connectivity index (χ4n) is 2.87. The Labute approximate surface area is 119 Å². The molecule has 0 amide bonds. The summed E-state index contributed by atoms with van der Waals surface area (Å²) in [7, 11) is 0. The molecule has 2 aliphatic rings. The first kappa shape index (κ1) is 15.3. The summed E-state index contributed by atoms with van der Waals surface area (Å²) in [6.07, 6.45) is 7.54. The second-order valence-corrected chi connectivity index (χ2v) is 6.42. The summed E-state index contributed by atoms with van der Waals surface area (Å²) < 4.78 is 5.06. The van der Waals surface area contributed by atoms with Crippen LogP contribution in [0.3, 0.4) is 0 Å². The minimum Gasteiger partial charge on any atom is -0.481 e. The molecule has 0 radical (unpaired) electrons. The Kier molecular flexibility index (Phi) is 4.68. The Bertz CT molecular complexity index is 357. The number of ether oxygens (including phenoxy) is 1. The molecule has 0 heterocycles. The summed E-state index contributed by atoms with van der Waals surface area (Å²) >= 11 is 0. The molecule has 0 spiro atoms. The number of carbonyl (C=O) groups is 2. The van der Waals surface area contributed by atoms with E-state index in [1.54, 1.807) is 0 Å². The van der Waals surface area contributed by atoms with Crippen molar-refractivity contribution < 1.29 is 24.5 Å². The molecule has 2 saturated carbocycles. The van der Waals surface area contributed by atoms with Crippen LogP contribution in [0, 0.1) is 5.41 Å². The van der Waals surface area contributed by atoms with Gasteiger partial charge in [0.15, 0.2) is 0 Å². The Morgan fingerprint density at radius 2 is 1.75 bits per heavy atom. The number of carbonyl (C=O) groups excluding carboxylic acids is 1. The summed E-state index contributed by atoms with van der Waals surface area (Å²) in [6.45, 7) is 0.518. The third kappa shape index (κ3) is 3.95. The Morgan fingerprint density at radius 1 is 1.15 bits per heavy atom. The second-order valence-electron chi connectivity index (χ2n) is 6.42. The molecule has 5 nitrogen and oxygen atoms in total. The number of hydrogen-bond donors (Lipinski definition) is 2. The maximum Gasteiger partial charge on any atom is 0.309 e. The van der Waals surface area contributed by atoms with Gasteiger partial charge in [-0.1, -0.05) is 0 Å². The van der Waals surface area contributed by atoms with Crippen LogP contribution in [0.4, 0.5) is 0 Å². The third-order valence-electron chi connectivity index (χ3n) is 4.78. The Morgan fingerprint density at radius 3 is 2.20 bits per heavy atom. The smallest absolute Gasteiger partial charge is 0.309 e. The van der Waals surface area contributed by atoms with Gasteiger partial charge in [-0.25, -0.2) is 0 Å². The minimum atomic E-state index is -0.686. The summed E-state index contributed by atoms with van der Waals surface area (Å²) in [5.41, 5.74) is -0.710. The summed E-state index contributed by atoms with van der Waals surface area (Å²) in [6, 6.07) is 0. The topological polar surface area (TPSA) is 83.8 Å². The maximum atomic E-state index is 11.0. The van der Waals surface area contributed by atoms with E-state index < -0.39 is 11.4 Å². The molecule has 114 valence electrons. The Hall–Kier alpha value is -1.10. The lowest BCUT2D eigenvalue weighted by atomic mass is 9.96. The van der Waals surface area contributed by atoms with Gasteiger partial charge in [0.05, 0.1) is 11.5 Å². The second kappa shape index (κ2) is 6.12. The van der Waals surface area contributed by atoms with Crippen LogP contribution in [0.1, 0.15) is 64.2 Å². The minimum absolute atomic E-state index is 0.233. The van der Waals surface area contributed by atoms with Gasteiger partial charge in [-0.3, -0.25) is 9.59 Å². The molecule has 20 heavy (non-hydrogen) atoms. The number of carboxylic acid groups (broad SMARTS) is 1. The van der Waals surface area contributed by atoms with Gasteiger partial charge in [-0.2, -0.15) is 0 Å². The number of aliphatic carboxylic acids is 1. The molecular formula is C15H24O5. The van der Waals surface area contributed by atoms with Gasteiger partial charge in [0.2, 0.25) is 0 Å². The van der Waals surface area contributed by atoms with Crippen LogP contribution in [0.5, 0.6) is 0 Å². The average molecular weight is 284 g/mol. The van der Waals surface area contributed by atoms with Crippen molar-refractivity contribution in [1.29, 1.82) is 0 Å². The van der Waals surface area contributed by atoms with Crippen molar-refractivity contribution in [3.63, 3.8) is 0 Å². The highest BCUT2D eigenvalue weighted by Crippen LogP contribution is 2.50. The molecule has 1 atom stereocenters. The highest BCUT2D eigenvalue weighted by atomic mass is 16.5. The van der Waals surface area contributed by atoms with E-state index in [4.69, 9.17) is 9.84 Å². The van der Waals surface area contributed by atoms with E-state index in [0.29, 0.717) is 25.7 Å². The quantitative estimate of drug-likeness (QED) is 0.569. The molecule has 0 aromatic heterocycles. The van der Waals surface area contributed by atoms with Crippen LogP contribution < -0.4 is 0 Å². The predicted octanol–water partition coefficient (Wildman–Crippen LogP) is 2.26. The summed E-state index contributed by atoms with van der Waals surface area (Å²) in [5.74, 6) is -0.686. The number of aliphatic hydroxyl groups excluding tert-OH is 1. The zero-order valence-corrected chi connectivity index (χ0v) is 11.8. The van der Waals surface area contributed by atoms with Crippen molar-refractivity contribution in [3.05, 3.63) is 0 Å². The highest BCUT2D eigenvalue weighted by molar-refractivity contribution is 5.77. The van der Waals surface area contributed by atoms with Crippen molar-refractivity contribution in [2.45, 2.75) is 75.9 Å². The molecular weight excluding hydrogens is 260 g/mol. The van der Waals surface area contributed by atoms with Crippen LogP contribution in [0.15, 0.2) is 0 Å². The van der Waals surface area contributed by atoms with Crippen molar-refractivity contribution in [2.24, 2.45) is 5.41 Å². The van der Waals surface area contributed by atoms with Crippen molar-refractivity contribution in [3.8, 4) is 0 Å². The van der Waals surface area contributed by atoms with Gasteiger partial charge in [-0.15, -0.1) is 0 Å². The fraction of sp³-hybridized carbons (Fsp3) is 0.867. The first-order valence-electron chi connectivity index (χ1n) is 7.55. The predicted molar refractivity (Wildman–Crippen MR) is 72.1 cm³/mol. The van der Waals surface area contributed by atoms with Crippen LogP contribution in [0.2, 0.25) is 0 Å². The van der Waals surface area contributed by atoms with Gasteiger partial charge >= 0.3 is 5.97 Å². The van der Waals surface area contributed by atoms with Gasteiger partial charge in [0.25, 0.3) is 6.47 Å². The van der Waals surface area contributed by atoms with Gasteiger partial charge in [0.1, 0.15) is 5.60 Å². The molecule has 2 rings (SSSR count). The molecule has 0 bridgehead atoms. The van der Waals surface area contributed by atoms with Gasteiger partial charge in [-0.05, 0) is 64.2 Å². The zero-order valence-electron chi connectivity index (χ0n) is 11.8. The molecule has 0 saturated heterocycles. The largest absolute Gasteiger partial charge is 0.481 e. The lowest BCUT2D eigenvalue weighted by molar-refractivity contribution is -0.143. The van der Waals surface area contributed by atoms with E-state index in [1.807, 2.05) is 0 Å². The monoisotopic (exact) mass is 284 g/mol. The lowest BCUT2D eigenvalue weighted by Crippen LogP contribution is -2.17. The number of hydrogen-bond acceptors (Lipinski definition) is 4. The SMILES string of the molecule is O=COC1(CCCC(O)CCCC2(C(=O)O)CC2)CC1. The summed E-state index contributed by atoms with van der Waals surface area (Å²) in [5, 5.41) is 18.9. The molecule has 2 aliphatic carbocycles. The van der Waals surface area contributed by atoms with E-state index in [2.05, 4.69) is 0 Å². The van der Waals surface area contributed by atoms with Crippen molar-refractivity contribution in [1.82, 2.24) is 0 Å². The standard InChI is InChI=1S/C15H24O5/c16-11-20-15(9-10-15)6-2-4-12(17)3-1-5-14(7-8-14)13(18)19/h11-12,17H,1-10H2,(H,18,19). The highest BCUT2D eigenvalue weighted by Gasteiger charge is 2.49.